The van der Waals surface area contributed by atoms with E-state index in [0.717, 1.165) is 61.8 Å². The van der Waals surface area contributed by atoms with Crippen molar-refractivity contribution in [1.29, 1.82) is 0 Å². The number of carbonyl (C=O) groups excluding carboxylic acids is 1. The molecule has 0 unspecified atom stereocenters. The standard InChI is InChI=1S/C20H28N4O2/c1-5-24-14-17(16(3)21-24)13-22-9-11-23(12-10-22)20(25)18-7-6-8-19(26-4)15(18)2/h6-8,14H,5,9-13H2,1-4H3. The van der Waals surface area contributed by atoms with E-state index in [9.17, 15) is 4.79 Å². The fourth-order valence-electron chi connectivity index (χ4n) is 3.46. The monoisotopic (exact) mass is 356 g/mol. The Morgan fingerprint density at radius 2 is 1.92 bits per heavy atom. The summed E-state index contributed by atoms with van der Waals surface area (Å²) in [7, 11) is 1.64. The molecule has 3 rings (SSSR count). The van der Waals surface area contributed by atoms with Gasteiger partial charge >= 0.3 is 0 Å². The molecule has 0 spiro atoms. The smallest absolute Gasteiger partial charge is 0.254 e. The predicted molar refractivity (Wildman–Crippen MR) is 102 cm³/mol. The van der Waals surface area contributed by atoms with Gasteiger partial charge in [-0.15, -0.1) is 0 Å². The van der Waals surface area contributed by atoms with Crippen molar-refractivity contribution in [2.75, 3.05) is 33.3 Å². The first-order chi connectivity index (χ1) is 12.5. The van der Waals surface area contributed by atoms with Crippen LogP contribution in [0.4, 0.5) is 0 Å². The average molecular weight is 356 g/mol. The van der Waals surface area contributed by atoms with Gasteiger partial charge in [0.05, 0.1) is 12.8 Å². The largest absolute Gasteiger partial charge is 0.496 e. The number of amides is 1. The molecule has 6 nitrogen and oxygen atoms in total. The number of aryl methyl sites for hydroxylation is 2. The number of hydrogen-bond acceptors (Lipinski definition) is 4. The van der Waals surface area contributed by atoms with Crippen LogP contribution in [0, 0.1) is 13.8 Å². The highest BCUT2D eigenvalue weighted by Gasteiger charge is 2.24. The Morgan fingerprint density at radius 3 is 2.54 bits per heavy atom. The molecule has 0 atom stereocenters. The zero-order valence-electron chi connectivity index (χ0n) is 16.2. The number of piperazine rings is 1. The van der Waals surface area contributed by atoms with Gasteiger partial charge in [-0.1, -0.05) is 6.07 Å². The van der Waals surface area contributed by atoms with Gasteiger partial charge in [0, 0.05) is 62.2 Å². The number of hydrogen-bond donors (Lipinski definition) is 0. The van der Waals surface area contributed by atoms with Gasteiger partial charge in [0.15, 0.2) is 0 Å². The van der Waals surface area contributed by atoms with E-state index >= 15 is 0 Å². The minimum Gasteiger partial charge on any atom is -0.496 e. The maximum atomic E-state index is 12.9. The lowest BCUT2D eigenvalue weighted by atomic mass is 10.1. The van der Waals surface area contributed by atoms with Crippen LogP contribution in [0.3, 0.4) is 0 Å². The molecule has 1 fully saturated rings. The number of rotatable bonds is 5. The first-order valence-electron chi connectivity index (χ1n) is 9.21. The third kappa shape index (κ3) is 3.75. The summed E-state index contributed by atoms with van der Waals surface area (Å²) in [5.41, 5.74) is 4.01. The molecule has 1 aromatic heterocycles. The van der Waals surface area contributed by atoms with Crippen molar-refractivity contribution >= 4 is 5.91 Å². The van der Waals surface area contributed by atoms with Gasteiger partial charge in [0.2, 0.25) is 0 Å². The van der Waals surface area contributed by atoms with Crippen LogP contribution in [0.25, 0.3) is 0 Å². The summed E-state index contributed by atoms with van der Waals surface area (Å²) in [5.74, 6) is 0.855. The Kier molecular flexibility index (Phi) is 5.61. The summed E-state index contributed by atoms with van der Waals surface area (Å²) >= 11 is 0. The summed E-state index contributed by atoms with van der Waals surface area (Å²) in [5, 5.41) is 4.52. The zero-order valence-corrected chi connectivity index (χ0v) is 16.2. The minimum absolute atomic E-state index is 0.0935. The molecular weight excluding hydrogens is 328 g/mol. The van der Waals surface area contributed by atoms with Gasteiger partial charge in [-0.2, -0.15) is 5.10 Å². The molecule has 0 aliphatic carbocycles. The van der Waals surface area contributed by atoms with E-state index in [1.54, 1.807) is 7.11 Å². The normalized spacial score (nSPS) is 15.3. The molecule has 26 heavy (non-hydrogen) atoms. The van der Waals surface area contributed by atoms with Crippen LogP contribution < -0.4 is 4.74 Å². The summed E-state index contributed by atoms with van der Waals surface area (Å²) < 4.78 is 7.32. The first-order valence-corrected chi connectivity index (χ1v) is 9.21. The Balaban J connectivity index is 1.61. The van der Waals surface area contributed by atoms with Crippen LogP contribution in [0.2, 0.25) is 0 Å². The fraction of sp³-hybridized carbons (Fsp3) is 0.500. The molecule has 2 heterocycles. The molecule has 0 saturated carbocycles. The minimum atomic E-state index is 0.0935. The maximum absolute atomic E-state index is 12.9. The van der Waals surface area contributed by atoms with E-state index in [1.807, 2.05) is 34.7 Å². The van der Waals surface area contributed by atoms with Gasteiger partial charge in [-0.05, 0) is 32.9 Å². The Bertz CT molecular complexity index is 776. The van der Waals surface area contributed by atoms with Gasteiger partial charge in [-0.3, -0.25) is 14.4 Å². The summed E-state index contributed by atoms with van der Waals surface area (Å²) in [4.78, 5) is 17.2. The van der Waals surface area contributed by atoms with E-state index in [-0.39, 0.29) is 5.91 Å². The number of aromatic nitrogens is 2. The van der Waals surface area contributed by atoms with Crippen LogP contribution in [0.5, 0.6) is 5.75 Å². The Hall–Kier alpha value is -2.34. The van der Waals surface area contributed by atoms with Gasteiger partial charge in [0.1, 0.15) is 5.75 Å². The Labute approximate surface area is 155 Å². The average Bonchev–Trinajstić information content (AvgIpc) is 3.02. The quantitative estimate of drug-likeness (QED) is 0.826. The van der Waals surface area contributed by atoms with Crippen LogP contribution in [-0.2, 0) is 13.1 Å². The topological polar surface area (TPSA) is 50.6 Å². The maximum Gasteiger partial charge on any atom is 0.254 e. The van der Waals surface area contributed by atoms with Crippen molar-refractivity contribution in [3.8, 4) is 5.75 Å². The summed E-state index contributed by atoms with van der Waals surface area (Å²) in [6.07, 6.45) is 2.13. The fourth-order valence-corrected chi connectivity index (χ4v) is 3.46. The molecule has 1 aliphatic rings. The van der Waals surface area contributed by atoms with Crippen molar-refractivity contribution in [2.45, 2.75) is 33.9 Å². The van der Waals surface area contributed by atoms with Crippen LogP contribution in [0.1, 0.15) is 34.1 Å². The molecule has 0 bridgehead atoms. The van der Waals surface area contributed by atoms with Gasteiger partial charge in [0.25, 0.3) is 5.91 Å². The van der Waals surface area contributed by atoms with E-state index in [1.165, 1.54) is 5.56 Å². The highest BCUT2D eigenvalue weighted by atomic mass is 16.5. The lowest BCUT2D eigenvalue weighted by molar-refractivity contribution is 0.0627. The number of benzene rings is 1. The van der Waals surface area contributed by atoms with Crippen LogP contribution in [0.15, 0.2) is 24.4 Å². The number of carbonyl (C=O) groups is 1. The lowest BCUT2D eigenvalue weighted by Gasteiger charge is -2.35. The molecule has 1 saturated heterocycles. The number of methoxy groups -OCH3 is 1. The van der Waals surface area contributed by atoms with E-state index in [0.29, 0.717) is 0 Å². The van der Waals surface area contributed by atoms with Crippen molar-refractivity contribution in [2.24, 2.45) is 0 Å². The molecule has 1 amide bonds. The van der Waals surface area contributed by atoms with Crippen LogP contribution in [-0.4, -0.2) is 58.8 Å². The second-order valence-electron chi connectivity index (χ2n) is 6.80. The van der Waals surface area contributed by atoms with Gasteiger partial charge < -0.3 is 9.64 Å². The van der Waals surface area contributed by atoms with Crippen molar-refractivity contribution in [1.82, 2.24) is 19.6 Å². The van der Waals surface area contributed by atoms with Crippen molar-refractivity contribution < 1.29 is 9.53 Å². The lowest BCUT2D eigenvalue weighted by Crippen LogP contribution is -2.48. The molecule has 2 aromatic rings. The van der Waals surface area contributed by atoms with Crippen LogP contribution >= 0.6 is 0 Å². The number of nitrogens with zero attached hydrogens (tertiary/aromatic N) is 4. The molecular formula is C20H28N4O2. The first kappa shape index (κ1) is 18.5. The molecule has 1 aromatic carbocycles. The van der Waals surface area contributed by atoms with E-state index < -0.39 is 0 Å². The molecule has 6 heteroatoms. The number of ether oxygens (including phenoxy) is 1. The Morgan fingerprint density at radius 1 is 1.19 bits per heavy atom. The van der Waals surface area contributed by atoms with Crippen molar-refractivity contribution in [3.05, 3.63) is 46.8 Å². The van der Waals surface area contributed by atoms with Crippen molar-refractivity contribution in [3.63, 3.8) is 0 Å². The van der Waals surface area contributed by atoms with E-state index in [2.05, 4.69) is 30.0 Å². The molecule has 1 aliphatic heterocycles. The zero-order chi connectivity index (χ0) is 18.7. The van der Waals surface area contributed by atoms with Gasteiger partial charge in [-0.25, -0.2) is 0 Å². The third-order valence-electron chi connectivity index (χ3n) is 5.16. The predicted octanol–water partition coefficient (Wildman–Crippen LogP) is 2.49. The highest BCUT2D eigenvalue weighted by molar-refractivity contribution is 5.96. The molecule has 0 radical (unpaired) electrons. The summed E-state index contributed by atoms with van der Waals surface area (Å²) in [6, 6.07) is 5.65. The van der Waals surface area contributed by atoms with E-state index in [4.69, 9.17) is 4.74 Å². The SMILES string of the molecule is CCn1cc(CN2CCN(C(=O)c3cccc(OC)c3C)CC2)c(C)n1. The summed E-state index contributed by atoms with van der Waals surface area (Å²) in [6.45, 7) is 11.1. The second-order valence-corrected chi connectivity index (χ2v) is 6.80. The second kappa shape index (κ2) is 7.91. The highest BCUT2D eigenvalue weighted by Crippen LogP contribution is 2.23. The third-order valence-corrected chi connectivity index (χ3v) is 5.16. The molecule has 0 N–H and O–H groups in total. The molecule has 140 valence electrons.